The maximum absolute atomic E-state index is 12.2. The molecule has 0 aliphatic carbocycles. The lowest BCUT2D eigenvalue weighted by Crippen LogP contribution is -3.04. The number of nitrogens with one attached hydrogen (secondary N) is 2. The molecule has 2 aromatic carbocycles. The standard InChI is InChI=1S/C21H24N2O3/c1-23(2)15-18-6-4-3-5-17(18)14-22-21(24)10-8-16-7-9-19-20(13-16)26-12-11-25-19/h3-10,13H,11-12,14-15H2,1-2H3,(H,22,24)/p+1/b10-8+. The predicted molar refractivity (Wildman–Crippen MR) is 101 cm³/mol. The predicted octanol–water partition coefficient (Wildman–Crippen LogP) is 1.43. The van der Waals surface area contributed by atoms with Crippen molar-refractivity contribution in [3.05, 3.63) is 65.2 Å². The van der Waals surface area contributed by atoms with Crippen molar-refractivity contribution >= 4 is 12.0 Å². The number of hydrogen-bond acceptors (Lipinski definition) is 3. The van der Waals surface area contributed by atoms with Gasteiger partial charge in [-0.25, -0.2) is 0 Å². The molecule has 1 heterocycles. The number of amides is 1. The van der Waals surface area contributed by atoms with Crippen LogP contribution in [0.25, 0.3) is 6.08 Å². The zero-order valence-electron chi connectivity index (χ0n) is 15.2. The molecular formula is C21H25N2O3+. The highest BCUT2D eigenvalue weighted by Gasteiger charge is 2.11. The summed E-state index contributed by atoms with van der Waals surface area (Å²) in [6.07, 6.45) is 3.33. The zero-order valence-corrected chi connectivity index (χ0v) is 15.2. The average molecular weight is 353 g/mol. The molecule has 0 saturated carbocycles. The Morgan fingerprint density at radius 1 is 1.08 bits per heavy atom. The Balaban J connectivity index is 1.58. The molecule has 0 bridgehead atoms. The van der Waals surface area contributed by atoms with E-state index in [0.717, 1.165) is 29.2 Å². The Kier molecular flexibility index (Phi) is 5.92. The number of rotatable bonds is 6. The van der Waals surface area contributed by atoms with E-state index in [0.29, 0.717) is 19.8 Å². The van der Waals surface area contributed by atoms with Gasteiger partial charge >= 0.3 is 0 Å². The van der Waals surface area contributed by atoms with Gasteiger partial charge < -0.3 is 19.7 Å². The average Bonchev–Trinajstić information content (AvgIpc) is 2.65. The minimum absolute atomic E-state index is 0.119. The second kappa shape index (κ2) is 8.54. The number of ether oxygens (including phenoxy) is 2. The molecule has 1 aliphatic heterocycles. The highest BCUT2D eigenvalue weighted by Crippen LogP contribution is 2.31. The van der Waals surface area contributed by atoms with Crippen LogP contribution in [0.2, 0.25) is 0 Å². The first kappa shape index (κ1) is 18.0. The Hall–Kier alpha value is -2.79. The fourth-order valence-corrected chi connectivity index (χ4v) is 2.86. The SMILES string of the molecule is C[NH+](C)Cc1ccccc1CNC(=O)/C=C/c1ccc2c(c1)OCCO2. The Morgan fingerprint density at radius 3 is 2.58 bits per heavy atom. The summed E-state index contributed by atoms with van der Waals surface area (Å²) < 4.78 is 11.1. The third kappa shape index (κ3) is 4.86. The van der Waals surface area contributed by atoms with Crippen LogP contribution in [0, 0.1) is 0 Å². The molecule has 0 saturated heterocycles. The van der Waals surface area contributed by atoms with Gasteiger partial charge in [0.05, 0.1) is 14.1 Å². The van der Waals surface area contributed by atoms with Gasteiger partial charge in [-0.1, -0.05) is 30.3 Å². The highest BCUT2D eigenvalue weighted by atomic mass is 16.6. The number of quaternary nitrogens is 1. The third-order valence-corrected chi connectivity index (χ3v) is 4.11. The number of carbonyl (C=O) groups excluding carboxylic acids is 1. The van der Waals surface area contributed by atoms with Gasteiger partial charge in [-0.05, 0) is 29.3 Å². The van der Waals surface area contributed by atoms with Crippen LogP contribution < -0.4 is 19.7 Å². The molecule has 0 atom stereocenters. The van der Waals surface area contributed by atoms with Crippen LogP contribution in [0.3, 0.4) is 0 Å². The van der Waals surface area contributed by atoms with Crippen LogP contribution in [0.4, 0.5) is 0 Å². The van der Waals surface area contributed by atoms with Crippen LogP contribution >= 0.6 is 0 Å². The van der Waals surface area contributed by atoms with E-state index in [1.54, 1.807) is 12.2 Å². The van der Waals surface area contributed by atoms with Crippen LogP contribution in [-0.2, 0) is 17.9 Å². The first-order valence-corrected chi connectivity index (χ1v) is 8.83. The first-order valence-electron chi connectivity index (χ1n) is 8.83. The van der Waals surface area contributed by atoms with E-state index in [4.69, 9.17) is 9.47 Å². The quantitative estimate of drug-likeness (QED) is 0.773. The normalized spacial score (nSPS) is 13.2. The van der Waals surface area contributed by atoms with Gasteiger partial charge in [0.25, 0.3) is 0 Å². The van der Waals surface area contributed by atoms with Crippen LogP contribution in [0.15, 0.2) is 48.5 Å². The molecule has 0 spiro atoms. The van der Waals surface area contributed by atoms with Crippen molar-refractivity contribution in [3.8, 4) is 11.5 Å². The summed E-state index contributed by atoms with van der Waals surface area (Å²) in [7, 11) is 4.23. The lowest BCUT2D eigenvalue weighted by molar-refractivity contribution is -0.872. The zero-order chi connectivity index (χ0) is 18.4. The molecule has 3 rings (SSSR count). The third-order valence-electron chi connectivity index (χ3n) is 4.11. The molecule has 5 heteroatoms. The molecule has 0 fully saturated rings. The fraction of sp³-hybridized carbons (Fsp3) is 0.286. The van der Waals surface area contributed by atoms with Gasteiger partial charge in [0, 0.05) is 18.2 Å². The summed E-state index contributed by atoms with van der Waals surface area (Å²) in [5.41, 5.74) is 3.31. The van der Waals surface area contributed by atoms with E-state index in [9.17, 15) is 4.79 Å². The maximum Gasteiger partial charge on any atom is 0.244 e. The summed E-state index contributed by atoms with van der Waals surface area (Å²) in [5.74, 6) is 1.35. The second-order valence-corrected chi connectivity index (χ2v) is 6.61. The van der Waals surface area contributed by atoms with E-state index < -0.39 is 0 Å². The van der Waals surface area contributed by atoms with Gasteiger partial charge in [0.2, 0.25) is 5.91 Å². The van der Waals surface area contributed by atoms with Gasteiger partial charge in [-0.3, -0.25) is 4.79 Å². The van der Waals surface area contributed by atoms with Gasteiger partial charge in [-0.15, -0.1) is 0 Å². The smallest absolute Gasteiger partial charge is 0.244 e. The summed E-state index contributed by atoms with van der Waals surface area (Å²) in [6.45, 7) is 2.57. The number of fused-ring (bicyclic) bond motifs is 1. The monoisotopic (exact) mass is 353 g/mol. The lowest BCUT2D eigenvalue weighted by Gasteiger charge is -2.18. The Bertz CT molecular complexity index is 800. The summed E-state index contributed by atoms with van der Waals surface area (Å²) in [6, 6.07) is 13.9. The Morgan fingerprint density at radius 2 is 1.81 bits per heavy atom. The van der Waals surface area contributed by atoms with Gasteiger partial charge in [-0.2, -0.15) is 0 Å². The van der Waals surface area contributed by atoms with E-state index in [-0.39, 0.29) is 5.91 Å². The molecule has 0 unspecified atom stereocenters. The lowest BCUT2D eigenvalue weighted by atomic mass is 10.1. The molecule has 1 aliphatic rings. The van der Waals surface area contributed by atoms with Crippen LogP contribution in [-0.4, -0.2) is 33.2 Å². The first-order chi connectivity index (χ1) is 12.6. The summed E-state index contributed by atoms with van der Waals surface area (Å²) in [5, 5.41) is 2.95. The number of benzene rings is 2. The molecule has 2 aromatic rings. The fourth-order valence-electron chi connectivity index (χ4n) is 2.86. The van der Waals surface area contributed by atoms with E-state index in [2.05, 4.69) is 31.5 Å². The molecule has 5 nitrogen and oxygen atoms in total. The van der Waals surface area contributed by atoms with Gasteiger partial charge in [0.1, 0.15) is 19.8 Å². The molecule has 0 radical (unpaired) electrons. The van der Waals surface area contributed by atoms with Crippen molar-refractivity contribution in [3.63, 3.8) is 0 Å². The molecule has 2 N–H and O–H groups in total. The topological polar surface area (TPSA) is 52.0 Å². The van der Waals surface area contributed by atoms with E-state index >= 15 is 0 Å². The van der Waals surface area contributed by atoms with Crippen LogP contribution in [0.5, 0.6) is 11.5 Å². The second-order valence-electron chi connectivity index (χ2n) is 6.61. The Labute approximate surface area is 154 Å². The molecule has 1 amide bonds. The minimum Gasteiger partial charge on any atom is -0.486 e. The van der Waals surface area contributed by atoms with Crippen LogP contribution in [0.1, 0.15) is 16.7 Å². The number of carbonyl (C=O) groups is 1. The molecule has 136 valence electrons. The van der Waals surface area contributed by atoms with E-state index in [1.807, 2.05) is 30.3 Å². The summed E-state index contributed by atoms with van der Waals surface area (Å²) in [4.78, 5) is 13.5. The molecular weight excluding hydrogens is 328 g/mol. The van der Waals surface area contributed by atoms with Gasteiger partial charge in [0.15, 0.2) is 11.5 Å². The van der Waals surface area contributed by atoms with Crippen molar-refractivity contribution in [2.45, 2.75) is 13.1 Å². The molecule has 0 aromatic heterocycles. The highest BCUT2D eigenvalue weighted by molar-refractivity contribution is 5.91. The maximum atomic E-state index is 12.2. The van der Waals surface area contributed by atoms with Crippen molar-refractivity contribution < 1.29 is 19.2 Å². The number of hydrogen-bond donors (Lipinski definition) is 2. The van der Waals surface area contributed by atoms with Crippen molar-refractivity contribution in [2.24, 2.45) is 0 Å². The largest absolute Gasteiger partial charge is 0.486 e. The van der Waals surface area contributed by atoms with E-state index in [1.165, 1.54) is 10.5 Å². The summed E-state index contributed by atoms with van der Waals surface area (Å²) >= 11 is 0. The molecule has 26 heavy (non-hydrogen) atoms. The van der Waals surface area contributed by atoms with Crippen molar-refractivity contribution in [2.75, 3.05) is 27.3 Å². The minimum atomic E-state index is -0.119. The van der Waals surface area contributed by atoms with Crippen molar-refractivity contribution in [1.29, 1.82) is 0 Å². The van der Waals surface area contributed by atoms with Crippen molar-refractivity contribution in [1.82, 2.24) is 5.32 Å².